The Labute approximate surface area is 183 Å². The van der Waals surface area contributed by atoms with E-state index < -0.39 is 10.0 Å². The van der Waals surface area contributed by atoms with E-state index in [-0.39, 0.29) is 5.91 Å². The van der Waals surface area contributed by atoms with Crippen molar-refractivity contribution in [1.82, 2.24) is 9.62 Å². The molecule has 1 N–H and O–H groups in total. The van der Waals surface area contributed by atoms with E-state index in [9.17, 15) is 13.2 Å². The predicted octanol–water partition coefficient (Wildman–Crippen LogP) is 4.28. The van der Waals surface area contributed by atoms with Gasteiger partial charge in [-0.3, -0.25) is 4.79 Å². The number of benzene rings is 2. The highest BCUT2D eigenvalue weighted by Crippen LogP contribution is 2.20. The minimum absolute atomic E-state index is 0.176. The predicted molar refractivity (Wildman–Crippen MR) is 121 cm³/mol. The summed E-state index contributed by atoms with van der Waals surface area (Å²) in [4.78, 5) is 12.3. The lowest BCUT2D eigenvalue weighted by molar-refractivity contribution is -0.116. The smallest absolute Gasteiger partial charge is 0.244 e. The summed E-state index contributed by atoms with van der Waals surface area (Å²) >= 11 is 5.84. The molecule has 1 saturated heterocycles. The van der Waals surface area contributed by atoms with Crippen LogP contribution in [0.25, 0.3) is 6.08 Å². The molecule has 0 aliphatic carbocycles. The van der Waals surface area contributed by atoms with Crippen molar-refractivity contribution in [3.8, 4) is 0 Å². The van der Waals surface area contributed by atoms with Crippen molar-refractivity contribution < 1.29 is 13.2 Å². The number of nitrogens with one attached hydrogen (secondary N) is 1. The van der Waals surface area contributed by atoms with Crippen molar-refractivity contribution in [1.29, 1.82) is 0 Å². The van der Waals surface area contributed by atoms with Gasteiger partial charge in [-0.25, -0.2) is 8.42 Å². The topological polar surface area (TPSA) is 66.5 Å². The Hall–Kier alpha value is -2.15. The van der Waals surface area contributed by atoms with Gasteiger partial charge in [-0.2, -0.15) is 4.31 Å². The van der Waals surface area contributed by atoms with E-state index >= 15 is 0 Å². The number of hydrogen-bond acceptors (Lipinski definition) is 3. The summed E-state index contributed by atoms with van der Waals surface area (Å²) in [5, 5.41) is 3.49. The molecule has 1 aliphatic heterocycles. The van der Waals surface area contributed by atoms with Crippen molar-refractivity contribution in [2.24, 2.45) is 0 Å². The van der Waals surface area contributed by atoms with Crippen LogP contribution in [-0.2, 0) is 21.2 Å². The SMILES string of the molecule is O=C(/C=C/c1ccc(Cl)cc1)NCCc1ccc(S(=O)(=O)N2CCCCCC2)cc1. The lowest BCUT2D eigenvalue weighted by atomic mass is 10.1. The fourth-order valence-corrected chi connectivity index (χ4v) is 5.04. The third-order valence-corrected chi connectivity index (χ3v) is 7.30. The molecule has 3 rings (SSSR count). The van der Waals surface area contributed by atoms with E-state index in [2.05, 4.69) is 5.32 Å². The number of carbonyl (C=O) groups excluding carboxylic acids is 1. The molecule has 30 heavy (non-hydrogen) atoms. The average molecular weight is 447 g/mol. The van der Waals surface area contributed by atoms with Crippen LogP contribution < -0.4 is 5.32 Å². The van der Waals surface area contributed by atoms with Crippen molar-refractivity contribution in [3.05, 3.63) is 70.8 Å². The molecule has 1 amide bonds. The van der Waals surface area contributed by atoms with Crippen molar-refractivity contribution in [2.45, 2.75) is 37.0 Å². The van der Waals surface area contributed by atoms with Crippen LogP contribution in [0.2, 0.25) is 5.02 Å². The number of carbonyl (C=O) groups is 1. The van der Waals surface area contributed by atoms with Gasteiger partial charge in [0.2, 0.25) is 15.9 Å². The summed E-state index contributed by atoms with van der Waals surface area (Å²) in [7, 11) is -3.43. The first-order valence-electron chi connectivity index (χ1n) is 10.3. The summed E-state index contributed by atoms with van der Waals surface area (Å²) in [6, 6.07) is 14.2. The van der Waals surface area contributed by atoms with Crippen LogP contribution in [0, 0.1) is 0 Å². The maximum Gasteiger partial charge on any atom is 0.244 e. The van der Waals surface area contributed by atoms with E-state index in [1.807, 2.05) is 24.3 Å². The van der Waals surface area contributed by atoms with Crippen LogP contribution in [0.15, 0.2) is 59.5 Å². The van der Waals surface area contributed by atoms with Crippen LogP contribution in [0.5, 0.6) is 0 Å². The first-order valence-corrected chi connectivity index (χ1v) is 12.1. The lowest BCUT2D eigenvalue weighted by Gasteiger charge is -2.20. The molecule has 1 fully saturated rings. The molecule has 1 heterocycles. The number of halogens is 1. The van der Waals surface area contributed by atoms with Crippen molar-refractivity contribution in [3.63, 3.8) is 0 Å². The van der Waals surface area contributed by atoms with Gasteiger partial charge in [-0.05, 0) is 60.7 Å². The van der Waals surface area contributed by atoms with Crippen LogP contribution in [-0.4, -0.2) is 38.3 Å². The van der Waals surface area contributed by atoms with Gasteiger partial charge in [-0.1, -0.05) is 48.7 Å². The molecule has 2 aromatic rings. The zero-order valence-electron chi connectivity index (χ0n) is 16.9. The molecule has 7 heteroatoms. The minimum atomic E-state index is -3.43. The van der Waals surface area contributed by atoms with Gasteiger partial charge >= 0.3 is 0 Å². The summed E-state index contributed by atoms with van der Waals surface area (Å²) in [5.41, 5.74) is 1.88. The number of amides is 1. The molecular weight excluding hydrogens is 420 g/mol. The summed E-state index contributed by atoms with van der Waals surface area (Å²) < 4.78 is 27.2. The van der Waals surface area contributed by atoms with Crippen molar-refractivity contribution in [2.75, 3.05) is 19.6 Å². The van der Waals surface area contributed by atoms with Gasteiger partial charge in [0.05, 0.1) is 4.90 Å². The molecule has 2 aromatic carbocycles. The van der Waals surface area contributed by atoms with Crippen LogP contribution in [0.1, 0.15) is 36.8 Å². The number of nitrogens with zero attached hydrogens (tertiary/aromatic N) is 1. The molecule has 160 valence electrons. The molecule has 0 saturated carbocycles. The fourth-order valence-electron chi connectivity index (χ4n) is 3.39. The second-order valence-corrected chi connectivity index (χ2v) is 9.76. The number of rotatable bonds is 7. The van der Waals surface area contributed by atoms with Gasteiger partial charge in [-0.15, -0.1) is 0 Å². The Bertz CT molecular complexity index is 963. The van der Waals surface area contributed by atoms with Crippen LogP contribution in [0.4, 0.5) is 0 Å². The molecule has 0 aromatic heterocycles. The molecule has 0 unspecified atom stereocenters. The van der Waals surface area contributed by atoms with Crippen LogP contribution in [0.3, 0.4) is 0 Å². The highest BCUT2D eigenvalue weighted by atomic mass is 35.5. The average Bonchev–Trinajstić information content (AvgIpc) is 3.04. The standard InChI is InChI=1S/C23H27ClN2O3S/c24-21-10-5-19(6-11-21)9-14-23(27)25-16-15-20-7-12-22(13-8-20)30(28,29)26-17-3-1-2-4-18-26/h5-14H,1-4,15-18H2,(H,25,27)/b14-9+. The third kappa shape index (κ3) is 6.42. The maximum absolute atomic E-state index is 12.8. The zero-order valence-corrected chi connectivity index (χ0v) is 18.5. The molecular formula is C23H27ClN2O3S. The molecule has 0 atom stereocenters. The number of sulfonamides is 1. The Kier molecular flexibility index (Phi) is 8.08. The molecule has 1 aliphatic rings. The first-order chi connectivity index (χ1) is 14.4. The second-order valence-electron chi connectivity index (χ2n) is 7.39. The van der Waals surface area contributed by atoms with Crippen LogP contribution >= 0.6 is 11.6 Å². The van der Waals surface area contributed by atoms with Gasteiger partial charge in [0.1, 0.15) is 0 Å². The first kappa shape index (κ1) is 22.5. The Morgan fingerprint density at radius 2 is 1.60 bits per heavy atom. The van der Waals surface area contributed by atoms with Crippen molar-refractivity contribution >= 4 is 33.6 Å². The van der Waals surface area contributed by atoms with E-state index in [1.54, 1.807) is 34.6 Å². The molecule has 5 nitrogen and oxygen atoms in total. The van der Waals surface area contributed by atoms with Gasteiger partial charge < -0.3 is 5.32 Å². The Morgan fingerprint density at radius 3 is 2.23 bits per heavy atom. The molecule has 0 radical (unpaired) electrons. The highest BCUT2D eigenvalue weighted by Gasteiger charge is 2.24. The quantitative estimate of drug-likeness (QED) is 0.645. The second kappa shape index (κ2) is 10.8. The molecule has 0 bridgehead atoms. The summed E-state index contributed by atoms with van der Waals surface area (Å²) in [6.45, 7) is 1.67. The highest BCUT2D eigenvalue weighted by molar-refractivity contribution is 7.89. The zero-order chi connectivity index (χ0) is 21.4. The Balaban J connectivity index is 1.49. The van der Waals surface area contributed by atoms with Gasteiger partial charge in [0.15, 0.2) is 0 Å². The largest absolute Gasteiger partial charge is 0.352 e. The minimum Gasteiger partial charge on any atom is -0.352 e. The summed E-state index contributed by atoms with van der Waals surface area (Å²) in [5.74, 6) is -0.176. The van der Waals surface area contributed by atoms with E-state index in [1.165, 1.54) is 6.08 Å². The molecule has 0 spiro atoms. The van der Waals surface area contributed by atoms with Gasteiger partial charge in [0.25, 0.3) is 0 Å². The Morgan fingerprint density at radius 1 is 0.967 bits per heavy atom. The maximum atomic E-state index is 12.8. The number of hydrogen-bond donors (Lipinski definition) is 1. The fraction of sp³-hybridized carbons (Fsp3) is 0.348. The lowest BCUT2D eigenvalue weighted by Crippen LogP contribution is -2.31. The van der Waals surface area contributed by atoms with E-state index in [4.69, 9.17) is 11.6 Å². The summed E-state index contributed by atoms with van der Waals surface area (Å²) in [6.07, 6.45) is 7.86. The third-order valence-electron chi connectivity index (χ3n) is 5.14. The van der Waals surface area contributed by atoms with E-state index in [0.717, 1.165) is 36.8 Å². The normalized spacial score (nSPS) is 15.8. The van der Waals surface area contributed by atoms with E-state index in [0.29, 0.717) is 36.0 Å². The monoisotopic (exact) mass is 446 g/mol. The van der Waals surface area contributed by atoms with Gasteiger partial charge in [0, 0.05) is 30.7 Å².